The molecule has 5 heteroatoms. The molecule has 0 bridgehead atoms. The van der Waals surface area contributed by atoms with Crippen LogP contribution in [0.4, 0.5) is 4.39 Å². The predicted molar refractivity (Wildman–Crippen MR) is 90.2 cm³/mol. The monoisotopic (exact) mass is 319 g/mol. The van der Waals surface area contributed by atoms with Gasteiger partial charge in [-0.3, -0.25) is 0 Å². The highest BCUT2D eigenvalue weighted by atomic mass is 19.1. The maximum Gasteiger partial charge on any atom is 0.156 e. The molecule has 24 heavy (non-hydrogen) atoms. The van der Waals surface area contributed by atoms with Crippen LogP contribution in [0, 0.1) is 12.7 Å². The number of aromatic hydroxyl groups is 1. The van der Waals surface area contributed by atoms with Crippen LogP contribution in [0.15, 0.2) is 60.8 Å². The Morgan fingerprint density at radius 2 is 1.92 bits per heavy atom. The van der Waals surface area contributed by atoms with Gasteiger partial charge >= 0.3 is 0 Å². The van der Waals surface area contributed by atoms with Crippen molar-refractivity contribution in [3.8, 4) is 28.3 Å². The summed E-state index contributed by atoms with van der Waals surface area (Å²) in [5.41, 5.74) is 4.48. The molecule has 0 saturated heterocycles. The van der Waals surface area contributed by atoms with Gasteiger partial charge in [-0.2, -0.15) is 5.10 Å². The Morgan fingerprint density at radius 3 is 2.75 bits per heavy atom. The van der Waals surface area contributed by atoms with Crippen molar-refractivity contribution in [3.63, 3.8) is 0 Å². The fourth-order valence-corrected chi connectivity index (χ4v) is 2.76. The maximum atomic E-state index is 13.6. The smallest absolute Gasteiger partial charge is 0.156 e. The number of aryl methyl sites for hydroxylation is 1. The number of benzene rings is 2. The SMILES string of the molecule is Cc1cccc(-c2cc3nccc(-c4cc(F)ccc4O)n3n2)c1. The first kappa shape index (κ1) is 14.4. The quantitative estimate of drug-likeness (QED) is 0.602. The summed E-state index contributed by atoms with van der Waals surface area (Å²) >= 11 is 0. The number of halogens is 1. The van der Waals surface area contributed by atoms with E-state index in [1.165, 1.54) is 18.2 Å². The molecule has 0 aliphatic carbocycles. The molecule has 0 unspecified atom stereocenters. The lowest BCUT2D eigenvalue weighted by molar-refractivity contribution is 0.475. The first-order valence-corrected chi connectivity index (χ1v) is 7.52. The molecule has 0 spiro atoms. The highest BCUT2D eigenvalue weighted by Gasteiger charge is 2.13. The summed E-state index contributed by atoms with van der Waals surface area (Å²) in [4.78, 5) is 4.31. The van der Waals surface area contributed by atoms with Crippen LogP contribution in [0.5, 0.6) is 5.75 Å². The third-order valence-electron chi connectivity index (χ3n) is 3.91. The molecule has 2 aromatic carbocycles. The Hall–Kier alpha value is -3.21. The number of phenols is 1. The summed E-state index contributed by atoms with van der Waals surface area (Å²) in [7, 11) is 0. The van der Waals surface area contributed by atoms with Crippen LogP contribution in [0.2, 0.25) is 0 Å². The Labute approximate surface area is 137 Å². The number of hydrogen-bond donors (Lipinski definition) is 1. The summed E-state index contributed by atoms with van der Waals surface area (Å²) in [6, 6.07) is 15.4. The van der Waals surface area contributed by atoms with E-state index in [4.69, 9.17) is 0 Å². The van der Waals surface area contributed by atoms with Crippen molar-refractivity contribution in [1.82, 2.24) is 14.6 Å². The lowest BCUT2D eigenvalue weighted by Gasteiger charge is -2.06. The molecule has 1 N–H and O–H groups in total. The van der Waals surface area contributed by atoms with E-state index in [0.717, 1.165) is 16.8 Å². The van der Waals surface area contributed by atoms with Crippen LogP contribution in [-0.2, 0) is 0 Å². The van der Waals surface area contributed by atoms with Crippen LogP contribution < -0.4 is 0 Å². The van der Waals surface area contributed by atoms with E-state index >= 15 is 0 Å². The van der Waals surface area contributed by atoms with Crippen LogP contribution in [0.3, 0.4) is 0 Å². The van der Waals surface area contributed by atoms with Gasteiger partial charge in [-0.05, 0) is 37.3 Å². The van der Waals surface area contributed by atoms with Gasteiger partial charge in [0.15, 0.2) is 5.65 Å². The average molecular weight is 319 g/mol. The number of nitrogens with zero attached hydrogens (tertiary/aromatic N) is 3. The largest absolute Gasteiger partial charge is 0.507 e. The predicted octanol–water partition coefficient (Wildman–Crippen LogP) is 4.22. The Bertz CT molecular complexity index is 1060. The van der Waals surface area contributed by atoms with Crippen LogP contribution in [0.25, 0.3) is 28.2 Å². The van der Waals surface area contributed by atoms with E-state index in [9.17, 15) is 9.50 Å². The van der Waals surface area contributed by atoms with Crippen molar-refractivity contribution in [2.45, 2.75) is 6.92 Å². The van der Waals surface area contributed by atoms with Crippen molar-refractivity contribution < 1.29 is 9.50 Å². The second-order valence-corrected chi connectivity index (χ2v) is 5.66. The standard InChI is InChI=1S/C19H14FN3O/c1-12-3-2-4-13(9-12)16-11-19-21-8-7-17(23(19)22-16)15-10-14(20)5-6-18(15)24/h2-11,24H,1H3. The van der Waals surface area contributed by atoms with Crippen molar-refractivity contribution in [2.24, 2.45) is 0 Å². The second-order valence-electron chi connectivity index (χ2n) is 5.66. The zero-order valence-corrected chi connectivity index (χ0v) is 12.9. The summed E-state index contributed by atoms with van der Waals surface area (Å²) in [6.07, 6.45) is 1.62. The Morgan fingerprint density at radius 1 is 1.04 bits per heavy atom. The van der Waals surface area contributed by atoms with Crippen molar-refractivity contribution >= 4 is 5.65 Å². The summed E-state index contributed by atoms with van der Waals surface area (Å²) in [5, 5.41) is 14.7. The van der Waals surface area contributed by atoms with E-state index in [0.29, 0.717) is 16.9 Å². The van der Waals surface area contributed by atoms with Gasteiger partial charge in [0.25, 0.3) is 0 Å². The topological polar surface area (TPSA) is 50.4 Å². The second kappa shape index (κ2) is 5.45. The lowest BCUT2D eigenvalue weighted by Crippen LogP contribution is -1.96. The minimum absolute atomic E-state index is 0.00324. The van der Waals surface area contributed by atoms with Gasteiger partial charge in [-0.25, -0.2) is 13.9 Å². The van der Waals surface area contributed by atoms with Crippen LogP contribution in [0.1, 0.15) is 5.56 Å². The number of phenolic OH excluding ortho intramolecular Hbond substituents is 1. The van der Waals surface area contributed by atoms with Crippen molar-refractivity contribution in [2.75, 3.05) is 0 Å². The highest BCUT2D eigenvalue weighted by Crippen LogP contribution is 2.30. The van der Waals surface area contributed by atoms with Gasteiger partial charge in [0.1, 0.15) is 11.6 Å². The van der Waals surface area contributed by atoms with Gasteiger partial charge in [0.2, 0.25) is 0 Å². The van der Waals surface area contributed by atoms with Crippen molar-refractivity contribution in [3.05, 3.63) is 72.2 Å². The minimum atomic E-state index is -0.418. The molecule has 0 aliphatic rings. The van der Waals surface area contributed by atoms with Gasteiger partial charge in [0.05, 0.1) is 11.4 Å². The highest BCUT2D eigenvalue weighted by molar-refractivity contribution is 5.71. The Kier molecular flexibility index (Phi) is 3.27. The van der Waals surface area contributed by atoms with E-state index in [-0.39, 0.29) is 5.75 Å². The van der Waals surface area contributed by atoms with Crippen LogP contribution in [-0.4, -0.2) is 19.7 Å². The van der Waals surface area contributed by atoms with Crippen molar-refractivity contribution in [1.29, 1.82) is 0 Å². The lowest BCUT2D eigenvalue weighted by atomic mass is 10.1. The van der Waals surface area contributed by atoms with Gasteiger partial charge in [-0.1, -0.05) is 23.8 Å². The summed E-state index contributed by atoms with van der Waals surface area (Å²) < 4.78 is 15.2. The molecule has 0 saturated carbocycles. The normalized spacial score (nSPS) is 11.1. The molecule has 118 valence electrons. The number of fused-ring (bicyclic) bond motifs is 1. The minimum Gasteiger partial charge on any atom is -0.507 e. The van der Waals surface area contributed by atoms with E-state index in [2.05, 4.69) is 10.1 Å². The fourth-order valence-electron chi connectivity index (χ4n) is 2.76. The summed E-state index contributed by atoms with van der Waals surface area (Å²) in [5.74, 6) is -0.421. The number of rotatable bonds is 2. The zero-order chi connectivity index (χ0) is 16.7. The molecule has 0 fully saturated rings. The first-order valence-electron chi connectivity index (χ1n) is 7.52. The average Bonchev–Trinajstić information content (AvgIpc) is 3.01. The van der Waals surface area contributed by atoms with E-state index < -0.39 is 5.82 Å². The molecule has 0 radical (unpaired) electrons. The molecule has 0 amide bonds. The fraction of sp³-hybridized carbons (Fsp3) is 0.0526. The molecule has 2 heterocycles. The molecular formula is C19H14FN3O. The molecule has 0 atom stereocenters. The molecule has 2 aromatic heterocycles. The third kappa shape index (κ3) is 2.40. The summed E-state index contributed by atoms with van der Waals surface area (Å²) in [6.45, 7) is 2.02. The van der Waals surface area contributed by atoms with Gasteiger partial charge in [0, 0.05) is 23.4 Å². The maximum absolute atomic E-state index is 13.6. The first-order chi connectivity index (χ1) is 11.6. The number of hydrogen-bond acceptors (Lipinski definition) is 3. The molecule has 4 nitrogen and oxygen atoms in total. The van der Waals surface area contributed by atoms with E-state index in [1.54, 1.807) is 16.8 Å². The Balaban J connectivity index is 1.94. The van der Waals surface area contributed by atoms with Crippen LogP contribution >= 0.6 is 0 Å². The molecule has 4 rings (SSSR count). The third-order valence-corrected chi connectivity index (χ3v) is 3.91. The molecule has 4 aromatic rings. The van der Waals surface area contributed by atoms with E-state index in [1.807, 2.05) is 37.3 Å². The zero-order valence-electron chi connectivity index (χ0n) is 12.9. The van der Waals surface area contributed by atoms with Gasteiger partial charge in [-0.15, -0.1) is 0 Å². The number of aromatic nitrogens is 3. The van der Waals surface area contributed by atoms with Gasteiger partial charge < -0.3 is 5.11 Å². The molecular weight excluding hydrogens is 305 g/mol. The molecule has 0 aliphatic heterocycles.